The third kappa shape index (κ3) is 9.72. The molecule has 2 N–H and O–H groups in total. The van der Waals surface area contributed by atoms with Gasteiger partial charge in [-0.05, 0) is 31.6 Å². The Morgan fingerprint density at radius 3 is 1.35 bits per heavy atom. The molecule has 136 valence electrons. The normalized spacial score (nSPS) is 25.0. The molecule has 2 saturated carbocycles. The summed E-state index contributed by atoms with van der Waals surface area (Å²) in [7, 11) is 0. The zero-order valence-electron chi connectivity index (χ0n) is 15.6. The SMILES string of the molecule is C1CCCCCC(NNCC2CCCCCCCC2)CCCC1. The number of hydrogen-bond donors (Lipinski definition) is 2. The van der Waals surface area contributed by atoms with Gasteiger partial charge in [0.1, 0.15) is 0 Å². The molecule has 0 amide bonds. The van der Waals surface area contributed by atoms with E-state index >= 15 is 0 Å². The quantitative estimate of drug-likeness (QED) is 0.610. The van der Waals surface area contributed by atoms with Crippen LogP contribution in [0.15, 0.2) is 0 Å². The van der Waals surface area contributed by atoms with Crippen LogP contribution in [0, 0.1) is 5.92 Å². The van der Waals surface area contributed by atoms with E-state index < -0.39 is 0 Å². The van der Waals surface area contributed by atoms with Crippen LogP contribution < -0.4 is 10.9 Å². The standard InChI is InChI=1S/C21H42N2/c1-2-4-10-14-18-21(17-13-9-3-1)23-22-19-20-15-11-7-5-6-8-12-16-20/h20-23H,1-19H2. The Hall–Kier alpha value is -0.0800. The minimum atomic E-state index is 0.712. The van der Waals surface area contributed by atoms with Gasteiger partial charge in [0.25, 0.3) is 0 Å². The molecule has 0 aromatic rings. The molecule has 2 aliphatic rings. The van der Waals surface area contributed by atoms with Crippen molar-refractivity contribution in [3.05, 3.63) is 0 Å². The average molecular weight is 323 g/mol. The van der Waals surface area contributed by atoms with Gasteiger partial charge in [0.2, 0.25) is 0 Å². The van der Waals surface area contributed by atoms with E-state index in [4.69, 9.17) is 0 Å². The van der Waals surface area contributed by atoms with Gasteiger partial charge in [-0.1, -0.05) is 89.9 Å². The van der Waals surface area contributed by atoms with Crippen molar-refractivity contribution < 1.29 is 0 Å². The Morgan fingerprint density at radius 1 is 0.478 bits per heavy atom. The highest BCUT2D eigenvalue weighted by atomic mass is 15.4. The van der Waals surface area contributed by atoms with E-state index in [2.05, 4.69) is 10.9 Å². The molecule has 23 heavy (non-hydrogen) atoms. The summed E-state index contributed by atoms with van der Waals surface area (Å²) in [4.78, 5) is 0. The van der Waals surface area contributed by atoms with Crippen LogP contribution in [-0.2, 0) is 0 Å². The van der Waals surface area contributed by atoms with Crippen LogP contribution in [0.1, 0.15) is 116 Å². The molecule has 0 aromatic heterocycles. The molecule has 2 aliphatic carbocycles. The zero-order valence-corrected chi connectivity index (χ0v) is 15.6. The lowest BCUT2D eigenvalue weighted by atomic mass is 9.97. The highest BCUT2D eigenvalue weighted by Crippen LogP contribution is 2.21. The Bertz CT molecular complexity index is 245. The fraction of sp³-hybridized carbons (Fsp3) is 1.00. The van der Waals surface area contributed by atoms with Gasteiger partial charge in [-0.3, -0.25) is 10.9 Å². The molecule has 2 fully saturated rings. The van der Waals surface area contributed by atoms with Crippen LogP contribution in [0.2, 0.25) is 0 Å². The Morgan fingerprint density at radius 2 is 0.870 bits per heavy atom. The van der Waals surface area contributed by atoms with Crippen molar-refractivity contribution in [2.24, 2.45) is 5.92 Å². The maximum absolute atomic E-state index is 3.71. The third-order valence-corrected chi connectivity index (χ3v) is 6.03. The number of rotatable bonds is 4. The Kier molecular flexibility index (Phi) is 11.1. The van der Waals surface area contributed by atoms with E-state index in [0.29, 0.717) is 6.04 Å². The van der Waals surface area contributed by atoms with Gasteiger partial charge in [-0.15, -0.1) is 0 Å². The van der Waals surface area contributed by atoms with Crippen molar-refractivity contribution in [1.82, 2.24) is 10.9 Å². The first kappa shape index (κ1) is 19.2. The monoisotopic (exact) mass is 322 g/mol. The predicted molar refractivity (Wildman–Crippen MR) is 102 cm³/mol. The summed E-state index contributed by atoms with van der Waals surface area (Å²) in [6.07, 6.45) is 26.0. The summed E-state index contributed by atoms with van der Waals surface area (Å²) < 4.78 is 0. The molecule has 0 heterocycles. The maximum Gasteiger partial charge on any atom is 0.0212 e. The van der Waals surface area contributed by atoms with Crippen molar-refractivity contribution in [2.75, 3.05) is 6.54 Å². The highest BCUT2D eigenvalue weighted by Gasteiger charge is 2.12. The smallest absolute Gasteiger partial charge is 0.0212 e. The van der Waals surface area contributed by atoms with Gasteiger partial charge >= 0.3 is 0 Å². The Balaban J connectivity index is 1.62. The summed E-state index contributed by atoms with van der Waals surface area (Å²) in [5.41, 5.74) is 7.35. The second-order valence-corrected chi connectivity index (χ2v) is 8.19. The zero-order chi connectivity index (χ0) is 16.0. The summed E-state index contributed by atoms with van der Waals surface area (Å²) in [6, 6.07) is 0.712. The topological polar surface area (TPSA) is 24.1 Å². The van der Waals surface area contributed by atoms with Crippen LogP contribution in [-0.4, -0.2) is 12.6 Å². The summed E-state index contributed by atoms with van der Waals surface area (Å²) in [5.74, 6) is 0.906. The van der Waals surface area contributed by atoms with Crippen LogP contribution in [0.5, 0.6) is 0 Å². The molecule has 2 heteroatoms. The second-order valence-electron chi connectivity index (χ2n) is 8.19. The molecule has 0 atom stereocenters. The van der Waals surface area contributed by atoms with Gasteiger partial charge < -0.3 is 0 Å². The van der Waals surface area contributed by atoms with Gasteiger partial charge in [0.15, 0.2) is 0 Å². The molecule has 0 saturated heterocycles. The van der Waals surface area contributed by atoms with Crippen molar-refractivity contribution in [1.29, 1.82) is 0 Å². The third-order valence-electron chi connectivity index (χ3n) is 6.03. The van der Waals surface area contributed by atoms with Crippen LogP contribution >= 0.6 is 0 Å². The average Bonchev–Trinajstić information content (AvgIpc) is 2.65. The lowest BCUT2D eigenvalue weighted by Crippen LogP contribution is -2.43. The van der Waals surface area contributed by atoms with E-state index in [0.717, 1.165) is 5.92 Å². The number of hydrazine groups is 1. The summed E-state index contributed by atoms with van der Waals surface area (Å²) >= 11 is 0. The van der Waals surface area contributed by atoms with E-state index in [1.54, 1.807) is 0 Å². The molecule has 0 aromatic carbocycles. The summed E-state index contributed by atoms with van der Waals surface area (Å²) in [6.45, 7) is 1.19. The van der Waals surface area contributed by atoms with E-state index in [-0.39, 0.29) is 0 Å². The first-order valence-corrected chi connectivity index (χ1v) is 10.9. The minimum absolute atomic E-state index is 0.712. The largest absolute Gasteiger partial charge is 0.257 e. The van der Waals surface area contributed by atoms with Crippen molar-refractivity contribution >= 4 is 0 Å². The van der Waals surface area contributed by atoms with Crippen molar-refractivity contribution in [3.63, 3.8) is 0 Å². The molecular formula is C21H42N2. The van der Waals surface area contributed by atoms with Crippen molar-refractivity contribution in [3.8, 4) is 0 Å². The highest BCUT2D eigenvalue weighted by molar-refractivity contribution is 4.69. The maximum atomic E-state index is 3.71. The van der Waals surface area contributed by atoms with Crippen LogP contribution in [0.4, 0.5) is 0 Å². The fourth-order valence-electron chi connectivity index (χ4n) is 4.40. The molecular weight excluding hydrogens is 280 g/mol. The lowest BCUT2D eigenvalue weighted by molar-refractivity contribution is 0.323. The van der Waals surface area contributed by atoms with Gasteiger partial charge in [0, 0.05) is 12.6 Å². The summed E-state index contributed by atoms with van der Waals surface area (Å²) in [5, 5.41) is 0. The molecule has 0 spiro atoms. The minimum Gasteiger partial charge on any atom is -0.257 e. The van der Waals surface area contributed by atoms with Gasteiger partial charge in [0.05, 0.1) is 0 Å². The number of hydrogen-bond acceptors (Lipinski definition) is 2. The first-order chi connectivity index (χ1) is 11.4. The first-order valence-electron chi connectivity index (χ1n) is 10.9. The van der Waals surface area contributed by atoms with E-state index in [1.165, 1.54) is 122 Å². The predicted octanol–water partition coefficient (Wildman–Crippen LogP) is 6.11. The van der Waals surface area contributed by atoms with Crippen LogP contribution in [0.3, 0.4) is 0 Å². The molecule has 2 rings (SSSR count). The van der Waals surface area contributed by atoms with Gasteiger partial charge in [-0.2, -0.15) is 0 Å². The lowest BCUT2D eigenvalue weighted by Gasteiger charge is -2.22. The number of nitrogens with one attached hydrogen (secondary N) is 2. The van der Waals surface area contributed by atoms with Crippen molar-refractivity contribution in [2.45, 2.75) is 122 Å². The molecule has 0 radical (unpaired) electrons. The van der Waals surface area contributed by atoms with Crippen LogP contribution in [0.25, 0.3) is 0 Å². The molecule has 0 unspecified atom stereocenters. The Labute approximate surface area is 145 Å². The molecule has 0 bridgehead atoms. The molecule has 0 aliphatic heterocycles. The van der Waals surface area contributed by atoms with Gasteiger partial charge in [-0.25, -0.2) is 0 Å². The fourth-order valence-corrected chi connectivity index (χ4v) is 4.40. The molecule has 2 nitrogen and oxygen atoms in total. The van der Waals surface area contributed by atoms with E-state index in [9.17, 15) is 0 Å². The van der Waals surface area contributed by atoms with E-state index in [1.807, 2.05) is 0 Å². The second kappa shape index (κ2) is 13.2.